The lowest BCUT2D eigenvalue weighted by atomic mass is 10.2. The number of halogens is 3. The number of aromatic amines is 1. The lowest BCUT2D eigenvalue weighted by molar-refractivity contribution is 0.00747. The highest BCUT2D eigenvalue weighted by molar-refractivity contribution is 6.30. The summed E-state index contributed by atoms with van der Waals surface area (Å²) in [6, 6.07) is 9.87. The number of carbonyl (C=O) groups excluding carboxylic acids is 1. The molecule has 0 unspecified atom stereocenters. The Morgan fingerprint density at radius 3 is 2.53 bits per heavy atom. The highest BCUT2D eigenvalue weighted by atomic mass is 35.5. The molecule has 0 spiro atoms. The number of aromatic nitrogens is 3. The predicted octanol–water partition coefficient (Wildman–Crippen LogP) is 3.61. The van der Waals surface area contributed by atoms with Gasteiger partial charge in [-0.15, -0.1) is 0 Å². The van der Waals surface area contributed by atoms with Crippen LogP contribution in [0.5, 0.6) is 5.88 Å². The minimum Gasteiger partial charge on any atom is -0.475 e. The van der Waals surface area contributed by atoms with Gasteiger partial charge in [0.25, 0.3) is 12.0 Å². The second kappa shape index (κ2) is 10.2. The zero-order chi connectivity index (χ0) is 25.0. The van der Waals surface area contributed by atoms with Gasteiger partial charge < -0.3 is 9.47 Å². The second-order valence-electron chi connectivity index (χ2n) is 8.24. The molecule has 3 rings (SSSR count). The number of hydrogen-bond acceptors (Lipinski definition) is 6. The van der Waals surface area contributed by atoms with Crippen LogP contribution in [0.3, 0.4) is 0 Å². The van der Waals surface area contributed by atoms with Crippen molar-refractivity contribution >= 4 is 28.6 Å². The molecule has 0 bridgehead atoms. The molecule has 182 valence electrons. The van der Waals surface area contributed by atoms with E-state index in [1.165, 1.54) is 10.6 Å². The first kappa shape index (κ1) is 25.2. The summed E-state index contributed by atoms with van der Waals surface area (Å²) in [5.41, 5.74) is -1.72. The summed E-state index contributed by atoms with van der Waals surface area (Å²) in [7, 11) is 0. The van der Waals surface area contributed by atoms with Crippen molar-refractivity contribution in [3.8, 4) is 11.6 Å². The number of alkyl halides is 2. The molecule has 0 aliphatic rings. The summed E-state index contributed by atoms with van der Waals surface area (Å²) in [5, 5.41) is -0.126. The Hall–Kier alpha value is -3.47. The first-order valence-corrected chi connectivity index (χ1v) is 10.6. The van der Waals surface area contributed by atoms with E-state index in [1.807, 2.05) is 0 Å². The Morgan fingerprint density at radius 2 is 1.91 bits per heavy atom. The topological polar surface area (TPSA) is 107 Å². The standard InChI is InChI=1S/C22H23ClF2N4O5/c1-22(2,3)34-21(32)28(12-16(24)25)9-10-33-19-17-14(11-15(23)26-19)29(20(31)27-18(17)30)13-7-5-4-6-8-13/h4-8,11,16H,9-10,12H2,1-3H3,(H,27,30,31). The van der Waals surface area contributed by atoms with E-state index in [0.717, 1.165) is 4.90 Å². The lowest BCUT2D eigenvalue weighted by Gasteiger charge is -2.27. The molecule has 0 atom stereocenters. The fraction of sp³-hybridized carbons (Fsp3) is 0.364. The summed E-state index contributed by atoms with van der Waals surface area (Å²) in [5.74, 6) is -0.213. The smallest absolute Gasteiger partial charge is 0.410 e. The Labute approximate surface area is 197 Å². The summed E-state index contributed by atoms with van der Waals surface area (Å²) in [6.45, 7) is 3.41. The van der Waals surface area contributed by atoms with Gasteiger partial charge in [0.05, 0.1) is 24.3 Å². The third kappa shape index (κ3) is 6.10. The number of H-pyrrole nitrogens is 1. The summed E-state index contributed by atoms with van der Waals surface area (Å²) < 4.78 is 38.0. The van der Waals surface area contributed by atoms with E-state index >= 15 is 0 Å². The summed E-state index contributed by atoms with van der Waals surface area (Å²) in [4.78, 5) is 44.5. The van der Waals surface area contributed by atoms with Gasteiger partial charge in [-0.1, -0.05) is 29.8 Å². The molecule has 0 radical (unpaired) electrons. The van der Waals surface area contributed by atoms with Crippen molar-refractivity contribution in [2.45, 2.75) is 32.8 Å². The van der Waals surface area contributed by atoms with Crippen LogP contribution < -0.4 is 16.0 Å². The largest absolute Gasteiger partial charge is 0.475 e. The minimum absolute atomic E-state index is 0.0613. The van der Waals surface area contributed by atoms with Crippen molar-refractivity contribution in [2.75, 3.05) is 19.7 Å². The van der Waals surface area contributed by atoms with E-state index in [4.69, 9.17) is 21.1 Å². The maximum Gasteiger partial charge on any atom is 0.410 e. The predicted molar refractivity (Wildman–Crippen MR) is 122 cm³/mol. The minimum atomic E-state index is -2.79. The van der Waals surface area contributed by atoms with E-state index in [2.05, 4.69) is 9.97 Å². The Bertz CT molecular complexity index is 1290. The van der Waals surface area contributed by atoms with Gasteiger partial charge in [-0.05, 0) is 32.9 Å². The number of pyridine rings is 1. The number of para-hydroxylation sites is 1. The molecule has 12 heteroatoms. The van der Waals surface area contributed by atoms with E-state index in [-0.39, 0.29) is 35.1 Å². The molecule has 1 amide bonds. The molecule has 0 aliphatic carbocycles. The van der Waals surface area contributed by atoms with Gasteiger partial charge in [-0.2, -0.15) is 0 Å². The van der Waals surface area contributed by atoms with Crippen LogP contribution in [0.4, 0.5) is 13.6 Å². The molecule has 0 saturated carbocycles. The average molecular weight is 497 g/mol. The molecule has 9 nitrogen and oxygen atoms in total. The number of benzene rings is 1. The van der Waals surface area contributed by atoms with Crippen LogP contribution in [-0.2, 0) is 4.74 Å². The van der Waals surface area contributed by atoms with Crippen LogP contribution in [-0.4, -0.2) is 57.3 Å². The monoisotopic (exact) mass is 496 g/mol. The molecule has 0 saturated heterocycles. The van der Waals surface area contributed by atoms with Gasteiger partial charge in [0.15, 0.2) is 0 Å². The SMILES string of the molecule is CC(C)(C)OC(=O)N(CCOc1nc(Cl)cc2c1c(=O)[nH]c(=O)n2-c1ccccc1)CC(F)F. The number of ether oxygens (including phenoxy) is 2. The molecule has 0 aliphatic heterocycles. The zero-order valence-electron chi connectivity index (χ0n) is 18.7. The number of hydrogen-bond donors (Lipinski definition) is 1. The van der Waals surface area contributed by atoms with E-state index in [9.17, 15) is 23.2 Å². The number of rotatable bonds is 7. The van der Waals surface area contributed by atoms with E-state index in [1.54, 1.807) is 51.1 Å². The van der Waals surface area contributed by atoms with Crippen molar-refractivity contribution in [3.63, 3.8) is 0 Å². The van der Waals surface area contributed by atoms with Crippen LogP contribution in [0.15, 0.2) is 46.0 Å². The quantitative estimate of drug-likeness (QED) is 0.501. The van der Waals surface area contributed by atoms with E-state index in [0.29, 0.717) is 5.69 Å². The second-order valence-corrected chi connectivity index (χ2v) is 8.63. The molecule has 34 heavy (non-hydrogen) atoms. The molecule has 1 N–H and O–H groups in total. The summed E-state index contributed by atoms with van der Waals surface area (Å²) >= 11 is 6.12. The Morgan fingerprint density at radius 1 is 1.24 bits per heavy atom. The normalized spacial score (nSPS) is 11.6. The van der Waals surface area contributed by atoms with Gasteiger partial charge in [0.2, 0.25) is 5.88 Å². The third-order valence-electron chi connectivity index (χ3n) is 4.45. The van der Waals surface area contributed by atoms with Gasteiger partial charge >= 0.3 is 11.8 Å². The van der Waals surface area contributed by atoms with Crippen LogP contribution >= 0.6 is 11.6 Å². The maximum atomic E-state index is 13.0. The number of amides is 1. The van der Waals surface area contributed by atoms with Gasteiger partial charge in [-0.25, -0.2) is 23.4 Å². The first-order valence-electron chi connectivity index (χ1n) is 10.3. The molecular formula is C22H23ClF2N4O5. The van der Waals surface area contributed by atoms with Gasteiger partial charge in [0, 0.05) is 6.07 Å². The maximum absolute atomic E-state index is 13.0. The van der Waals surface area contributed by atoms with E-state index < -0.39 is 35.9 Å². The first-order chi connectivity index (χ1) is 16.0. The highest BCUT2D eigenvalue weighted by Gasteiger charge is 2.25. The fourth-order valence-corrected chi connectivity index (χ4v) is 3.32. The fourth-order valence-electron chi connectivity index (χ4n) is 3.13. The number of nitrogens with zero attached hydrogens (tertiary/aromatic N) is 3. The molecule has 2 aromatic heterocycles. The van der Waals surface area contributed by atoms with Crippen molar-refractivity contribution in [2.24, 2.45) is 0 Å². The van der Waals surface area contributed by atoms with Gasteiger partial charge in [0.1, 0.15) is 22.7 Å². The van der Waals surface area contributed by atoms with Crippen LogP contribution in [0.25, 0.3) is 16.6 Å². The number of fused-ring (bicyclic) bond motifs is 1. The summed E-state index contributed by atoms with van der Waals surface area (Å²) in [6.07, 6.45) is -3.73. The van der Waals surface area contributed by atoms with Crippen LogP contribution in [0.1, 0.15) is 20.8 Å². The Kier molecular flexibility index (Phi) is 7.55. The molecule has 2 heterocycles. The van der Waals surface area contributed by atoms with Gasteiger partial charge in [-0.3, -0.25) is 19.2 Å². The lowest BCUT2D eigenvalue weighted by Crippen LogP contribution is -2.41. The molecule has 0 fully saturated rings. The molecule has 1 aromatic carbocycles. The van der Waals surface area contributed by atoms with Crippen molar-refractivity contribution < 1.29 is 23.0 Å². The average Bonchev–Trinajstić information content (AvgIpc) is 2.71. The molecule has 3 aromatic rings. The third-order valence-corrected chi connectivity index (χ3v) is 4.64. The van der Waals surface area contributed by atoms with Crippen molar-refractivity contribution in [3.05, 3.63) is 62.4 Å². The zero-order valence-corrected chi connectivity index (χ0v) is 19.4. The Balaban J connectivity index is 1.94. The molecular weight excluding hydrogens is 474 g/mol. The highest BCUT2D eigenvalue weighted by Crippen LogP contribution is 2.24. The van der Waals surface area contributed by atoms with Crippen LogP contribution in [0.2, 0.25) is 5.15 Å². The van der Waals surface area contributed by atoms with Crippen molar-refractivity contribution in [1.82, 2.24) is 19.4 Å². The number of nitrogens with one attached hydrogen (secondary N) is 1. The van der Waals surface area contributed by atoms with Crippen LogP contribution in [0, 0.1) is 0 Å². The number of carbonyl (C=O) groups is 1. The van der Waals surface area contributed by atoms with Crippen molar-refractivity contribution in [1.29, 1.82) is 0 Å².